The number of hydrogen-bond acceptors (Lipinski definition) is 3. The molecule has 1 aliphatic heterocycles. The Morgan fingerprint density at radius 2 is 1.23 bits per heavy atom. The molecule has 0 aromatic heterocycles. The Hall–Kier alpha value is -2.33. The van der Waals surface area contributed by atoms with Crippen LogP contribution in [0.15, 0.2) is 76.8 Å². The minimum Gasteiger partial charge on any atom is -0.260 e. The summed E-state index contributed by atoms with van der Waals surface area (Å²) in [5.74, 6) is 0.634. The van der Waals surface area contributed by atoms with Crippen molar-refractivity contribution < 1.29 is 0 Å². The van der Waals surface area contributed by atoms with Crippen LogP contribution in [0.25, 0.3) is 0 Å². The highest BCUT2D eigenvalue weighted by Gasteiger charge is 2.17. The maximum Gasteiger partial charge on any atom is 0.154 e. The third-order valence-electron chi connectivity index (χ3n) is 3.95. The molecular formula is C20H12Cl3N3. The molecule has 0 spiro atoms. The van der Waals surface area contributed by atoms with Gasteiger partial charge in [0.05, 0.1) is 5.69 Å². The number of fused-ring (bicyclic) bond motifs is 1. The van der Waals surface area contributed by atoms with Crippen molar-refractivity contribution >= 4 is 52.0 Å². The van der Waals surface area contributed by atoms with Crippen LogP contribution < -0.4 is 5.43 Å². The third kappa shape index (κ3) is 3.47. The highest BCUT2D eigenvalue weighted by molar-refractivity contribution is 6.32. The number of nitrogens with zero attached hydrogens (tertiary/aromatic N) is 2. The summed E-state index contributed by atoms with van der Waals surface area (Å²) in [6.45, 7) is 0. The standard InChI is InChI=1S/C20H12Cl3N3/c21-14-5-1-12(2-6-14)19-17-11-16(23)9-10-18(17)24-20(26-25-19)13-3-7-15(22)8-4-13/h1-11H,(H,24,26). The molecule has 128 valence electrons. The number of rotatable bonds is 2. The van der Waals surface area contributed by atoms with Crippen LogP contribution in [-0.2, 0) is 0 Å². The lowest BCUT2D eigenvalue weighted by molar-refractivity contribution is 1.03. The molecule has 0 saturated heterocycles. The highest BCUT2D eigenvalue weighted by atomic mass is 35.5. The van der Waals surface area contributed by atoms with Gasteiger partial charge in [-0.25, -0.2) is 4.99 Å². The molecule has 0 saturated carbocycles. The molecule has 4 rings (SSSR count). The minimum absolute atomic E-state index is 0.621. The van der Waals surface area contributed by atoms with E-state index in [1.54, 1.807) is 0 Å². The quantitative estimate of drug-likeness (QED) is 0.556. The van der Waals surface area contributed by atoms with Crippen LogP contribution in [-0.4, -0.2) is 11.5 Å². The van der Waals surface area contributed by atoms with Gasteiger partial charge >= 0.3 is 0 Å². The topological polar surface area (TPSA) is 36.8 Å². The summed E-state index contributed by atoms with van der Waals surface area (Å²) in [5.41, 5.74) is 7.23. The Balaban J connectivity index is 1.85. The molecule has 0 atom stereocenters. The summed E-state index contributed by atoms with van der Waals surface area (Å²) < 4.78 is 0. The Morgan fingerprint density at radius 3 is 1.88 bits per heavy atom. The average molecular weight is 401 g/mol. The lowest BCUT2D eigenvalue weighted by atomic mass is 10.0. The van der Waals surface area contributed by atoms with E-state index in [9.17, 15) is 0 Å². The number of aliphatic imine (C=N–C) groups is 1. The van der Waals surface area contributed by atoms with E-state index >= 15 is 0 Å². The molecule has 1 heterocycles. The van der Waals surface area contributed by atoms with Gasteiger partial charge in [-0.3, -0.25) is 5.43 Å². The maximum atomic E-state index is 6.22. The fourth-order valence-corrected chi connectivity index (χ4v) is 3.10. The molecule has 1 N–H and O–H groups in total. The van der Waals surface area contributed by atoms with Crippen LogP contribution in [0.4, 0.5) is 5.69 Å². The molecule has 3 aromatic rings. The summed E-state index contributed by atoms with van der Waals surface area (Å²) in [7, 11) is 0. The fourth-order valence-electron chi connectivity index (χ4n) is 2.67. The van der Waals surface area contributed by atoms with E-state index in [4.69, 9.17) is 39.8 Å². The first kappa shape index (κ1) is 17.1. The number of nitrogens with one attached hydrogen (secondary N) is 1. The zero-order chi connectivity index (χ0) is 18.1. The number of hydrogen-bond donors (Lipinski definition) is 1. The van der Waals surface area contributed by atoms with Crippen LogP contribution in [0.5, 0.6) is 0 Å². The van der Waals surface area contributed by atoms with Crippen LogP contribution in [0.2, 0.25) is 15.1 Å². The summed E-state index contributed by atoms with van der Waals surface area (Å²) in [4.78, 5) is 4.74. The van der Waals surface area contributed by atoms with Gasteiger partial charge in [0, 0.05) is 31.8 Å². The highest BCUT2D eigenvalue weighted by Crippen LogP contribution is 2.29. The summed E-state index contributed by atoms with van der Waals surface area (Å²) in [5, 5.41) is 6.54. The Kier molecular flexibility index (Phi) is 4.68. The molecule has 0 bridgehead atoms. The molecule has 3 aromatic carbocycles. The van der Waals surface area contributed by atoms with E-state index in [1.807, 2.05) is 66.7 Å². The zero-order valence-electron chi connectivity index (χ0n) is 13.4. The lowest BCUT2D eigenvalue weighted by Gasteiger charge is -2.08. The largest absolute Gasteiger partial charge is 0.260 e. The predicted octanol–water partition coefficient (Wildman–Crippen LogP) is 6.08. The minimum atomic E-state index is 0.621. The van der Waals surface area contributed by atoms with E-state index in [0.717, 1.165) is 28.1 Å². The van der Waals surface area contributed by atoms with Crippen LogP contribution in [0.1, 0.15) is 16.7 Å². The summed E-state index contributed by atoms with van der Waals surface area (Å²) in [6.07, 6.45) is 0. The van der Waals surface area contributed by atoms with Gasteiger partial charge in [0.25, 0.3) is 0 Å². The number of halogens is 3. The smallest absolute Gasteiger partial charge is 0.154 e. The Bertz CT molecular complexity index is 1020. The Morgan fingerprint density at radius 1 is 0.654 bits per heavy atom. The number of amidine groups is 1. The van der Waals surface area contributed by atoms with Crippen molar-refractivity contribution in [3.63, 3.8) is 0 Å². The van der Waals surface area contributed by atoms with Gasteiger partial charge in [-0.1, -0.05) is 46.9 Å². The van der Waals surface area contributed by atoms with Crippen molar-refractivity contribution in [2.75, 3.05) is 0 Å². The van der Waals surface area contributed by atoms with Crippen LogP contribution in [0.3, 0.4) is 0 Å². The molecular weight excluding hydrogens is 389 g/mol. The first-order valence-corrected chi connectivity index (χ1v) is 8.98. The average Bonchev–Trinajstić information content (AvgIpc) is 2.83. The second-order valence-electron chi connectivity index (χ2n) is 5.71. The van der Waals surface area contributed by atoms with Gasteiger partial charge in [-0.05, 0) is 54.6 Å². The first-order valence-electron chi connectivity index (χ1n) is 7.84. The van der Waals surface area contributed by atoms with Gasteiger partial charge in [0.1, 0.15) is 5.71 Å². The van der Waals surface area contributed by atoms with Crippen molar-refractivity contribution in [1.29, 1.82) is 0 Å². The molecule has 0 unspecified atom stereocenters. The first-order chi connectivity index (χ1) is 12.6. The van der Waals surface area contributed by atoms with Gasteiger partial charge in [0.15, 0.2) is 5.84 Å². The molecule has 0 amide bonds. The van der Waals surface area contributed by atoms with Crippen molar-refractivity contribution in [3.05, 3.63) is 98.5 Å². The summed E-state index contributed by atoms with van der Waals surface area (Å²) in [6, 6.07) is 20.5. The third-order valence-corrected chi connectivity index (χ3v) is 4.69. The SMILES string of the molecule is Clc1ccc(C2=Nc3ccc(Cl)cc3C(c3ccc(Cl)cc3)=NN2)cc1. The van der Waals surface area contributed by atoms with Gasteiger partial charge in [-0.15, -0.1) is 0 Å². The molecule has 1 aliphatic rings. The number of hydrazone groups is 1. The van der Waals surface area contributed by atoms with Crippen molar-refractivity contribution in [1.82, 2.24) is 5.43 Å². The second kappa shape index (κ2) is 7.12. The van der Waals surface area contributed by atoms with Crippen LogP contribution >= 0.6 is 34.8 Å². The lowest BCUT2D eigenvalue weighted by Crippen LogP contribution is -2.19. The molecule has 0 radical (unpaired) electrons. The van der Waals surface area contributed by atoms with Crippen molar-refractivity contribution in [3.8, 4) is 0 Å². The van der Waals surface area contributed by atoms with E-state index in [1.165, 1.54) is 0 Å². The van der Waals surface area contributed by atoms with Crippen molar-refractivity contribution in [2.24, 2.45) is 10.1 Å². The van der Waals surface area contributed by atoms with Gasteiger partial charge < -0.3 is 0 Å². The van der Waals surface area contributed by atoms with E-state index in [0.29, 0.717) is 20.9 Å². The van der Waals surface area contributed by atoms with Gasteiger partial charge in [-0.2, -0.15) is 5.10 Å². The predicted molar refractivity (Wildman–Crippen MR) is 109 cm³/mol. The van der Waals surface area contributed by atoms with E-state index in [2.05, 4.69) is 10.5 Å². The van der Waals surface area contributed by atoms with Gasteiger partial charge in [0.2, 0.25) is 0 Å². The molecule has 0 fully saturated rings. The monoisotopic (exact) mass is 399 g/mol. The summed E-state index contributed by atoms with van der Waals surface area (Å²) >= 11 is 18.2. The normalized spacial score (nSPS) is 13.2. The Labute approximate surface area is 165 Å². The zero-order valence-corrected chi connectivity index (χ0v) is 15.6. The van der Waals surface area contributed by atoms with Crippen LogP contribution in [0, 0.1) is 0 Å². The van der Waals surface area contributed by atoms with E-state index < -0.39 is 0 Å². The molecule has 26 heavy (non-hydrogen) atoms. The second-order valence-corrected chi connectivity index (χ2v) is 7.02. The molecule has 0 aliphatic carbocycles. The van der Waals surface area contributed by atoms with E-state index in [-0.39, 0.29) is 0 Å². The number of benzene rings is 3. The molecule has 6 heteroatoms. The fraction of sp³-hybridized carbons (Fsp3) is 0. The maximum absolute atomic E-state index is 6.22. The molecule has 3 nitrogen and oxygen atoms in total. The van der Waals surface area contributed by atoms with Crippen molar-refractivity contribution in [2.45, 2.75) is 0 Å².